The van der Waals surface area contributed by atoms with Crippen molar-refractivity contribution in [3.05, 3.63) is 53.9 Å². The standard InChI is InChI=1S/C14H14N2O4S/c17-14(18)13-7-10-3-1-2-4-11(10)9-16(13)21(19,20)12-5-6-15-8-12/h1-6,8,13,15H,7,9H2,(H,17,18). The number of benzene rings is 1. The summed E-state index contributed by atoms with van der Waals surface area (Å²) >= 11 is 0. The number of sulfonamides is 1. The Hall–Kier alpha value is -2.12. The monoisotopic (exact) mass is 306 g/mol. The largest absolute Gasteiger partial charge is 0.480 e. The summed E-state index contributed by atoms with van der Waals surface area (Å²) in [5.41, 5.74) is 1.72. The van der Waals surface area contributed by atoms with Crippen LogP contribution < -0.4 is 0 Å². The number of carboxylic acid groups (broad SMARTS) is 1. The van der Waals surface area contributed by atoms with Gasteiger partial charge in [-0.1, -0.05) is 24.3 Å². The summed E-state index contributed by atoms with van der Waals surface area (Å²) in [5, 5.41) is 9.38. The Morgan fingerprint density at radius 2 is 1.95 bits per heavy atom. The Bertz CT molecular complexity index is 768. The van der Waals surface area contributed by atoms with Crippen molar-refractivity contribution in [2.24, 2.45) is 0 Å². The van der Waals surface area contributed by atoms with Crippen molar-refractivity contribution in [1.82, 2.24) is 9.29 Å². The Kier molecular flexibility index (Phi) is 3.30. The van der Waals surface area contributed by atoms with E-state index in [2.05, 4.69) is 4.98 Å². The molecule has 0 saturated carbocycles. The van der Waals surface area contributed by atoms with Crippen LogP contribution in [-0.2, 0) is 27.8 Å². The van der Waals surface area contributed by atoms with Gasteiger partial charge in [-0.05, 0) is 17.2 Å². The van der Waals surface area contributed by atoms with Crippen molar-refractivity contribution in [2.45, 2.75) is 23.9 Å². The van der Waals surface area contributed by atoms with E-state index in [1.54, 1.807) is 0 Å². The predicted molar refractivity (Wildman–Crippen MR) is 75.1 cm³/mol. The van der Waals surface area contributed by atoms with Gasteiger partial charge in [-0.15, -0.1) is 0 Å². The first kappa shape index (κ1) is 13.8. The lowest BCUT2D eigenvalue weighted by Crippen LogP contribution is -2.48. The minimum atomic E-state index is -3.83. The quantitative estimate of drug-likeness (QED) is 0.892. The van der Waals surface area contributed by atoms with Gasteiger partial charge >= 0.3 is 5.97 Å². The second-order valence-corrected chi connectivity index (χ2v) is 6.81. The van der Waals surface area contributed by atoms with Crippen molar-refractivity contribution in [3.8, 4) is 0 Å². The van der Waals surface area contributed by atoms with Crippen molar-refractivity contribution < 1.29 is 18.3 Å². The molecule has 1 atom stereocenters. The molecular weight excluding hydrogens is 292 g/mol. The van der Waals surface area contributed by atoms with E-state index in [1.165, 1.54) is 18.5 Å². The Labute approximate surface area is 122 Å². The first-order chi connectivity index (χ1) is 10.00. The second kappa shape index (κ2) is 5.01. The van der Waals surface area contributed by atoms with Crippen LogP contribution in [0.3, 0.4) is 0 Å². The van der Waals surface area contributed by atoms with E-state index in [4.69, 9.17) is 0 Å². The number of hydrogen-bond donors (Lipinski definition) is 2. The summed E-state index contributed by atoms with van der Waals surface area (Å²) in [6.45, 7) is 0.0701. The molecule has 110 valence electrons. The highest BCUT2D eigenvalue weighted by Gasteiger charge is 2.39. The van der Waals surface area contributed by atoms with Crippen molar-refractivity contribution in [1.29, 1.82) is 0 Å². The Balaban J connectivity index is 2.06. The molecule has 0 fully saturated rings. The second-order valence-electron chi connectivity index (χ2n) is 4.92. The maximum Gasteiger partial charge on any atom is 0.322 e. The van der Waals surface area contributed by atoms with Crippen molar-refractivity contribution in [2.75, 3.05) is 0 Å². The zero-order valence-corrected chi connectivity index (χ0v) is 11.9. The molecule has 0 amide bonds. The average Bonchev–Trinajstić information content (AvgIpc) is 3.00. The smallest absolute Gasteiger partial charge is 0.322 e. The molecule has 0 aliphatic carbocycles. The normalized spacial score (nSPS) is 19.1. The zero-order valence-electron chi connectivity index (χ0n) is 11.1. The number of aromatic amines is 1. The van der Waals surface area contributed by atoms with Crippen molar-refractivity contribution in [3.63, 3.8) is 0 Å². The van der Waals surface area contributed by atoms with Crippen LogP contribution in [0.1, 0.15) is 11.1 Å². The van der Waals surface area contributed by atoms with E-state index in [0.717, 1.165) is 15.4 Å². The van der Waals surface area contributed by atoms with Crippen LogP contribution in [0.4, 0.5) is 0 Å². The number of carbonyl (C=O) groups is 1. The number of aliphatic carboxylic acids is 1. The Morgan fingerprint density at radius 3 is 2.57 bits per heavy atom. The molecule has 0 saturated heterocycles. The van der Waals surface area contributed by atoms with Gasteiger partial charge in [0.15, 0.2) is 0 Å². The molecule has 1 unspecified atom stereocenters. The fourth-order valence-corrected chi connectivity index (χ4v) is 4.10. The molecule has 1 aliphatic heterocycles. The van der Waals surface area contributed by atoms with E-state index in [9.17, 15) is 18.3 Å². The molecular formula is C14H14N2O4S. The van der Waals surface area contributed by atoms with Gasteiger partial charge in [0.1, 0.15) is 6.04 Å². The lowest BCUT2D eigenvalue weighted by Gasteiger charge is -2.33. The van der Waals surface area contributed by atoms with Crippen LogP contribution in [0.5, 0.6) is 0 Å². The number of carboxylic acids is 1. The molecule has 21 heavy (non-hydrogen) atoms. The molecule has 1 aliphatic rings. The highest BCUT2D eigenvalue weighted by Crippen LogP contribution is 2.28. The summed E-state index contributed by atoms with van der Waals surface area (Å²) in [4.78, 5) is 14.2. The maximum atomic E-state index is 12.6. The number of aromatic nitrogens is 1. The van der Waals surface area contributed by atoms with Gasteiger partial charge in [0.25, 0.3) is 0 Å². The third-order valence-electron chi connectivity index (χ3n) is 3.67. The maximum absolute atomic E-state index is 12.6. The summed E-state index contributed by atoms with van der Waals surface area (Å²) in [6.07, 6.45) is 3.03. The van der Waals surface area contributed by atoms with Gasteiger partial charge < -0.3 is 10.1 Å². The number of fused-ring (bicyclic) bond motifs is 1. The van der Waals surface area contributed by atoms with Crippen LogP contribution in [0.25, 0.3) is 0 Å². The SMILES string of the molecule is O=C(O)C1Cc2ccccc2CN1S(=O)(=O)c1cc[nH]c1. The topological polar surface area (TPSA) is 90.5 Å². The Morgan fingerprint density at radius 1 is 1.24 bits per heavy atom. The third-order valence-corrected chi connectivity index (χ3v) is 5.52. The van der Waals surface area contributed by atoms with E-state index in [1.807, 2.05) is 24.3 Å². The van der Waals surface area contributed by atoms with Crippen LogP contribution in [-0.4, -0.2) is 34.8 Å². The van der Waals surface area contributed by atoms with Crippen molar-refractivity contribution >= 4 is 16.0 Å². The number of hydrogen-bond acceptors (Lipinski definition) is 3. The van der Waals surface area contributed by atoms with E-state index >= 15 is 0 Å². The molecule has 0 bridgehead atoms. The molecule has 7 heteroatoms. The molecule has 0 spiro atoms. The highest BCUT2D eigenvalue weighted by molar-refractivity contribution is 7.89. The van der Waals surface area contributed by atoms with E-state index < -0.39 is 22.0 Å². The summed E-state index contributed by atoms with van der Waals surface area (Å²) in [6, 6.07) is 7.65. The third kappa shape index (κ3) is 2.34. The molecule has 3 rings (SSSR count). The number of H-pyrrole nitrogens is 1. The molecule has 1 aromatic heterocycles. The minimum absolute atomic E-state index is 0.0701. The minimum Gasteiger partial charge on any atom is -0.480 e. The summed E-state index contributed by atoms with van der Waals surface area (Å²) in [5.74, 6) is -1.14. The number of nitrogens with one attached hydrogen (secondary N) is 1. The summed E-state index contributed by atoms with van der Waals surface area (Å²) < 4.78 is 26.3. The lowest BCUT2D eigenvalue weighted by atomic mass is 9.96. The average molecular weight is 306 g/mol. The van der Waals surface area contributed by atoms with E-state index in [-0.39, 0.29) is 17.9 Å². The van der Waals surface area contributed by atoms with E-state index in [0.29, 0.717) is 0 Å². The van der Waals surface area contributed by atoms with Crippen LogP contribution in [0.2, 0.25) is 0 Å². The fourth-order valence-electron chi connectivity index (χ4n) is 2.57. The molecule has 2 N–H and O–H groups in total. The highest BCUT2D eigenvalue weighted by atomic mass is 32.2. The van der Waals surface area contributed by atoms with Gasteiger partial charge in [-0.25, -0.2) is 8.42 Å². The predicted octanol–water partition coefficient (Wildman–Crippen LogP) is 1.21. The molecule has 2 heterocycles. The molecule has 0 radical (unpaired) electrons. The number of nitrogens with zero attached hydrogens (tertiary/aromatic N) is 1. The van der Waals surface area contributed by atoms with Gasteiger partial charge in [0.2, 0.25) is 10.0 Å². The molecule has 2 aromatic rings. The van der Waals surface area contributed by atoms with Gasteiger partial charge in [-0.3, -0.25) is 4.79 Å². The molecule has 6 nitrogen and oxygen atoms in total. The molecule has 1 aromatic carbocycles. The zero-order chi connectivity index (χ0) is 15.0. The van der Waals surface area contributed by atoms with Gasteiger partial charge in [0.05, 0.1) is 4.90 Å². The first-order valence-corrected chi connectivity index (χ1v) is 7.88. The van der Waals surface area contributed by atoms with Crippen LogP contribution in [0, 0.1) is 0 Å². The van der Waals surface area contributed by atoms with Crippen LogP contribution >= 0.6 is 0 Å². The van der Waals surface area contributed by atoms with Gasteiger partial charge in [0, 0.05) is 25.4 Å². The van der Waals surface area contributed by atoms with Crippen LogP contribution in [0.15, 0.2) is 47.6 Å². The number of rotatable bonds is 3. The lowest BCUT2D eigenvalue weighted by molar-refractivity contribution is -0.141. The first-order valence-electron chi connectivity index (χ1n) is 6.44. The summed E-state index contributed by atoms with van der Waals surface area (Å²) in [7, 11) is -3.83. The fraction of sp³-hybridized carbons (Fsp3) is 0.214. The van der Waals surface area contributed by atoms with Gasteiger partial charge in [-0.2, -0.15) is 4.31 Å².